The lowest BCUT2D eigenvalue weighted by molar-refractivity contribution is -0.385. The van der Waals surface area contributed by atoms with Crippen molar-refractivity contribution in [2.45, 2.75) is 10.6 Å². The van der Waals surface area contributed by atoms with E-state index in [4.69, 9.17) is 17.3 Å². The summed E-state index contributed by atoms with van der Waals surface area (Å²) in [6.07, 6.45) is 0. The molecule has 0 radical (unpaired) electrons. The van der Waals surface area contributed by atoms with E-state index in [0.717, 1.165) is 10.5 Å². The topological polar surface area (TPSA) is 69.2 Å². The van der Waals surface area contributed by atoms with Gasteiger partial charge >= 0.3 is 0 Å². The molecule has 0 atom stereocenters. The minimum absolute atomic E-state index is 0.0511. The fourth-order valence-electron chi connectivity index (χ4n) is 1.65. The zero-order valence-electron chi connectivity index (χ0n) is 10.2. The summed E-state index contributed by atoms with van der Waals surface area (Å²) in [4.78, 5) is 11.3. The van der Waals surface area contributed by atoms with Crippen LogP contribution in [0.25, 0.3) is 0 Å². The van der Waals surface area contributed by atoms with Gasteiger partial charge in [0.2, 0.25) is 0 Å². The molecular weight excluding hydrogens is 364 g/mol. The van der Waals surface area contributed by atoms with Crippen molar-refractivity contribution in [2.24, 2.45) is 0 Å². The summed E-state index contributed by atoms with van der Waals surface area (Å²) in [7, 11) is 0. The Balaban J connectivity index is 2.24. The second-order valence-electron chi connectivity index (χ2n) is 3.95. The molecule has 0 aliphatic rings. The highest BCUT2D eigenvalue weighted by Gasteiger charge is 2.15. The molecule has 0 aliphatic heterocycles. The lowest BCUT2D eigenvalue weighted by atomic mass is 10.2. The molecule has 0 aromatic heterocycles. The Labute approximate surface area is 133 Å². The third-order valence-electron chi connectivity index (χ3n) is 2.62. The molecule has 0 aliphatic carbocycles. The van der Waals surface area contributed by atoms with Crippen molar-refractivity contribution in [1.29, 1.82) is 0 Å². The number of anilines is 1. The van der Waals surface area contributed by atoms with E-state index >= 15 is 0 Å². The summed E-state index contributed by atoms with van der Waals surface area (Å²) in [6.45, 7) is 0. The molecule has 2 aromatic rings. The molecule has 0 spiro atoms. The van der Waals surface area contributed by atoms with Gasteiger partial charge in [0.15, 0.2) is 0 Å². The number of nitrogens with two attached hydrogens (primary N) is 1. The Morgan fingerprint density at radius 2 is 2.00 bits per heavy atom. The molecule has 0 amide bonds. The van der Waals surface area contributed by atoms with Crippen LogP contribution in [-0.2, 0) is 5.75 Å². The van der Waals surface area contributed by atoms with Crippen LogP contribution in [0.15, 0.2) is 45.8 Å². The molecule has 0 saturated heterocycles. The first-order valence-electron chi connectivity index (χ1n) is 5.59. The number of benzene rings is 2. The van der Waals surface area contributed by atoms with Gasteiger partial charge in [0, 0.05) is 22.4 Å². The van der Waals surface area contributed by atoms with Crippen LogP contribution in [0.4, 0.5) is 11.4 Å². The summed E-state index contributed by atoms with van der Waals surface area (Å²) in [5.74, 6) is 0.538. The van der Waals surface area contributed by atoms with Crippen LogP contribution in [0.2, 0.25) is 5.02 Å². The van der Waals surface area contributed by atoms with Crippen molar-refractivity contribution in [1.82, 2.24) is 0 Å². The van der Waals surface area contributed by atoms with Crippen molar-refractivity contribution in [3.63, 3.8) is 0 Å². The normalized spacial score (nSPS) is 10.5. The van der Waals surface area contributed by atoms with E-state index in [9.17, 15) is 10.1 Å². The van der Waals surface area contributed by atoms with Crippen molar-refractivity contribution in [2.75, 3.05) is 5.73 Å². The maximum atomic E-state index is 10.9. The third kappa shape index (κ3) is 3.26. The van der Waals surface area contributed by atoms with Crippen molar-refractivity contribution < 1.29 is 4.92 Å². The largest absolute Gasteiger partial charge is 0.398 e. The number of thioether (sulfide) groups is 1. The zero-order chi connectivity index (χ0) is 14.7. The number of hydrogen-bond acceptors (Lipinski definition) is 4. The van der Waals surface area contributed by atoms with Crippen LogP contribution in [0.5, 0.6) is 0 Å². The highest BCUT2D eigenvalue weighted by molar-refractivity contribution is 9.10. The summed E-state index contributed by atoms with van der Waals surface area (Å²) in [6, 6.07) is 10.3. The lowest BCUT2D eigenvalue weighted by Crippen LogP contribution is -1.93. The monoisotopic (exact) mass is 372 g/mol. The Hall–Kier alpha value is -1.24. The summed E-state index contributed by atoms with van der Waals surface area (Å²) in [5.41, 5.74) is 7.35. The van der Waals surface area contributed by atoms with E-state index in [2.05, 4.69) is 15.9 Å². The van der Waals surface area contributed by atoms with Gasteiger partial charge in [0.25, 0.3) is 5.69 Å². The van der Waals surface area contributed by atoms with E-state index in [0.29, 0.717) is 20.9 Å². The standard InChI is InChI=1S/C13H10BrClN2O2S/c14-12-8(3-1-6-11(12)17(18)19)7-20-13-9(15)4-2-5-10(13)16/h1-6H,7,16H2. The Morgan fingerprint density at radius 3 is 2.65 bits per heavy atom. The van der Waals surface area contributed by atoms with Gasteiger partial charge in [-0.05, 0) is 33.6 Å². The molecule has 0 unspecified atom stereocenters. The van der Waals surface area contributed by atoms with Gasteiger partial charge in [0.05, 0.1) is 14.4 Å². The first-order chi connectivity index (χ1) is 9.50. The van der Waals surface area contributed by atoms with Crippen molar-refractivity contribution in [3.8, 4) is 0 Å². The van der Waals surface area contributed by atoms with Gasteiger partial charge in [-0.15, -0.1) is 11.8 Å². The minimum Gasteiger partial charge on any atom is -0.398 e. The molecule has 104 valence electrons. The molecule has 0 fully saturated rings. The highest BCUT2D eigenvalue weighted by atomic mass is 79.9. The average Bonchev–Trinajstić information content (AvgIpc) is 2.39. The van der Waals surface area contributed by atoms with Crippen LogP contribution in [0.1, 0.15) is 5.56 Å². The van der Waals surface area contributed by atoms with Crippen molar-refractivity contribution >= 4 is 50.7 Å². The molecular formula is C13H10BrClN2O2S. The van der Waals surface area contributed by atoms with Crippen LogP contribution in [0.3, 0.4) is 0 Å². The van der Waals surface area contributed by atoms with Gasteiger partial charge in [-0.3, -0.25) is 10.1 Å². The van der Waals surface area contributed by atoms with E-state index in [1.165, 1.54) is 17.8 Å². The number of nitrogen functional groups attached to an aromatic ring is 1. The molecule has 20 heavy (non-hydrogen) atoms. The first-order valence-corrected chi connectivity index (χ1v) is 7.75. The van der Waals surface area contributed by atoms with Crippen molar-refractivity contribution in [3.05, 3.63) is 61.6 Å². The molecule has 4 nitrogen and oxygen atoms in total. The number of hydrogen-bond donors (Lipinski definition) is 1. The quantitative estimate of drug-likeness (QED) is 0.359. The first kappa shape index (κ1) is 15.2. The smallest absolute Gasteiger partial charge is 0.283 e. The molecule has 0 heterocycles. The number of nitro groups is 1. The molecule has 2 rings (SSSR count). The van der Waals surface area contributed by atoms with Crippen LogP contribution in [-0.4, -0.2) is 4.92 Å². The third-order valence-corrected chi connectivity index (χ3v) is 5.17. The van der Waals surface area contributed by atoms with Gasteiger partial charge in [-0.25, -0.2) is 0 Å². The Bertz CT molecular complexity index is 647. The van der Waals surface area contributed by atoms with E-state index in [1.807, 2.05) is 6.07 Å². The minimum atomic E-state index is -0.415. The molecule has 2 N–H and O–H groups in total. The highest BCUT2D eigenvalue weighted by Crippen LogP contribution is 2.37. The summed E-state index contributed by atoms with van der Waals surface area (Å²) >= 11 is 10.8. The molecule has 2 aromatic carbocycles. The predicted molar refractivity (Wildman–Crippen MR) is 86.2 cm³/mol. The van der Waals surface area contributed by atoms with Gasteiger partial charge in [0.1, 0.15) is 0 Å². The lowest BCUT2D eigenvalue weighted by Gasteiger charge is -2.08. The maximum absolute atomic E-state index is 10.9. The molecule has 7 heteroatoms. The fraction of sp³-hybridized carbons (Fsp3) is 0.0769. The van der Waals surface area contributed by atoms with Crippen LogP contribution in [0, 0.1) is 10.1 Å². The second kappa shape index (κ2) is 6.47. The number of rotatable bonds is 4. The Kier molecular flexibility index (Phi) is 4.91. The Morgan fingerprint density at radius 1 is 1.30 bits per heavy atom. The van der Waals surface area contributed by atoms with E-state index in [1.54, 1.807) is 24.3 Å². The predicted octanol–water partition coefficient (Wildman–Crippen LogP) is 4.89. The van der Waals surface area contributed by atoms with E-state index < -0.39 is 4.92 Å². The average molecular weight is 374 g/mol. The number of halogens is 2. The summed E-state index contributed by atoms with van der Waals surface area (Å²) in [5, 5.41) is 11.5. The fourth-order valence-corrected chi connectivity index (χ4v) is 3.71. The second-order valence-corrected chi connectivity index (χ2v) is 6.14. The summed E-state index contributed by atoms with van der Waals surface area (Å²) < 4.78 is 0.489. The van der Waals surface area contributed by atoms with Gasteiger partial charge in [-0.2, -0.15) is 0 Å². The zero-order valence-corrected chi connectivity index (χ0v) is 13.3. The van der Waals surface area contributed by atoms with E-state index in [-0.39, 0.29) is 5.69 Å². The SMILES string of the molecule is Nc1cccc(Cl)c1SCc1cccc([N+](=O)[O-])c1Br. The van der Waals surface area contributed by atoms with Gasteiger partial charge < -0.3 is 5.73 Å². The van der Waals surface area contributed by atoms with Crippen LogP contribution >= 0.6 is 39.3 Å². The number of nitro benzene ring substituents is 1. The molecule has 0 bridgehead atoms. The maximum Gasteiger partial charge on any atom is 0.283 e. The van der Waals surface area contributed by atoms with Crippen LogP contribution < -0.4 is 5.73 Å². The number of nitrogens with zero attached hydrogens (tertiary/aromatic N) is 1. The molecule has 0 saturated carbocycles. The van der Waals surface area contributed by atoms with Gasteiger partial charge in [-0.1, -0.05) is 29.8 Å².